The minimum atomic E-state index is 0.707. The van der Waals surface area contributed by atoms with Gasteiger partial charge < -0.3 is 19.5 Å². The summed E-state index contributed by atoms with van der Waals surface area (Å²) in [5, 5.41) is 4.44. The molecule has 0 atom stereocenters. The molecule has 0 unspecified atom stereocenters. The zero-order valence-corrected chi connectivity index (χ0v) is 17.6. The zero-order valence-electron chi connectivity index (χ0n) is 15.2. The molecule has 3 rings (SSSR count). The number of aromatic nitrogens is 2. The summed E-state index contributed by atoms with van der Waals surface area (Å²) in [4.78, 5) is 14.0. The van der Waals surface area contributed by atoms with Crippen molar-refractivity contribution in [1.29, 1.82) is 0 Å². The Morgan fingerprint density at radius 1 is 1.31 bits per heavy atom. The average Bonchev–Trinajstić information content (AvgIpc) is 3.30. The first kappa shape index (κ1) is 19.2. The van der Waals surface area contributed by atoms with Gasteiger partial charge in [0.05, 0.1) is 0 Å². The highest BCUT2D eigenvalue weighted by Gasteiger charge is 2.22. The van der Waals surface area contributed by atoms with Gasteiger partial charge in [0.25, 0.3) is 0 Å². The highest BCUT2D eigenvalue weighted by Crippen LogP contribution is 2.19. The van der Waals surface area contributed by atoms with Crippen LogP contribution in [0.15, 0.2) is 26.2 Å². The van der Waals surface area contributed by atoms with Crippen molar-refractivity contribution >= 4 is 38.6 Å². The molecule has 142 valence electrons. The molecule has 0 spiro atoms. The van der Waals surface area contributed by atoms with Gasteiger partial charge in [-0.2, -0.15) is 4.37 Å². The second-order valence-corrected chi connectivity index (χ2v) is 7.52. The quantitative estimate of drug-likeness (QED) is 0.549. The molecule has 1 fully saturated rings. The number of halogens is 1. The van der Waals surface area contributed by atoms with Gasteiger partial charge >= 0.3 is 0 Å². The summed E-state index contributed by atoms with van der Waals surface area (Å²) in [6, 6.07) is 3.90. The number of hydrogen-bond acceptors (Lipinski definition) is 6. The maximum Gasteiger partial charge on any atom is 0.205 e. The number of piperazine rings is 1. The Labute approximate surface area is 166 Å². The van der Waals surface area contributed by atoms with Gasteiger partial charge in [-0.05, 0) is 35.0 Å². The Bertz CT molecular complexity index is 722. The van der Waals surface area contributed by atoms with Gasteiger partial charge in [0, 0.05) is 63.6 Å². The number of hydrogen-bond donors (Lipinski definition) is 1. The molecule has 0 aliphatic carbocycles. The van der Waals surface area contributed by atoms with Crippen molar-refractivity contribution in [3.8, 4) is 0 Å². The molecular weight excluding hydrogens is 416 g/mol. The predicted octanol–water partition coefficient (Wildman–Crippen LogP) is 2.79. The monoisotopic (exact) mass is 440 g/mol. The molecule has 1 saturated heterocycles. The first-order valence-corrected chi connectivity index (χ1v) is 10.6. The number of rotatable bonds is 6. The molecule has 2 aromatic heterocycles. The van der Waals surface area contributed by atoms with Crippen LogP contribution in [0.4, 0.5) is 5.13 Å². The minimum Gasteiger partial charge on any atom is -0.454 e. The fraction of sp³-hybridized carbons (Fsp3) is 0.588. The van der Waals surface area contributed by atoms with Gasteiger partial charge in [-0.25, -0.2) is 4.98 Å². The molecule has 0 saturated carbocycles. The lowest BCUT2D eigenvalue weighted by Crippen LogP contribution is -2.52. The maximum absolute atomic E-state index is 5.54. The molecule has 3 heterocycles. The van der Waals surface area contributed by atoms with E-state index in [0.717, 1.165) is 72.9 Å². The van der Waals surface area contributed by atoms with E-state index in [2.05, 4.69) is 54.3 Å². The van der Waals surface area contributed by atoms with Gasteiger partial charge in [0.1, 0.15) is 11.6 Å². The summed E-state index contributed by atoms with van der Waals surface area (Å²) in [5.41, 5.74) is 0. The molecule has 9 heteroatoms. The van der Waals surface area contributed by atoms with Crippen LogP contribution in [-0.2, 0) is 12.8 Å². The highest BCUT2D eigenvalue weighted by molar-refractivity contribution is 9.10. The van der Waals surface area contributed by atoms with E-state index >= 15 is 0 Å². The van der Waals surface area contributed by atoms with Gasteiger partial charge in [-0.1, -0.05) is 6.92 Å². The van der Waals surface area contributed by atoms with Gasteiger partial charge in [0.2, 0.25) is 5.13 Å². The third-order valence-electron chi connectivity index (χ3n) is 4.21. The van der Waals surface area contributed by atoms with E-state index in [1.54, 1.807) is 0 Å². The predicted molar refractivity (Wildman–Crippen MR) is 109 cm³/mol. The van der Waals surface area contributed by atoms with Crippen molar-refractivity contribution in [2.45, 2.75) is 26.7 Å². The fourth-order valence-corrected chi connectivity index (χ4v) is 3.95. The number of nitrogens with zero attached hydrogens (tertiary/aromatic N) is 5. The average molecular weight is 441 g/mol. The normalized spacial score (nSPS) is 15.6. The Balaban J connectivity index is 1.54. The molecule has 26 heavy (non-hydrogen) atoms. The summed E-state index contributed by atoms with van der Waals surface area (Å²) >= 11 is 4.84. The SMILES string of the molecule is CCNC(=NCCc1ccc(Br)o1)N1CCN(c2nc(CC)ns2)CC1. The van der Waals surface area contributed by atoms with Gasteiger partial charge in [-0.3, -0.25) is 4.99 Å². The number of aryl methyl sites for hydroxylation is 1. The Morgan fingerprint density at radius 3 is 2.73 bits per heavy atom. The summed E-state index contributed by atoms with van der Waals surface area (Å²) in [5.74, 6) is 2.86. The molecule has 0 aromatic carbocycles. The summed E-state index contributed by atoms with van der Waals surface area (Å²) in [7, 11) is 0. The van der Waals surface area contributed by atoms with E-state index < -0.39 is 0 Å². The number of guanidine groups is 1. The third-order valence-corrected chi connectivity index (χ3v) is 5.45. The van der Waals surface area contributed by atoms with Crippen LogP contribution in [0, 0.1) is 0 Å². The van der Waals surface area contributed by atoms with Crippen LogP contribution in [0.2, 0.25) is 0 Å². The first-order chi connectivity index (χ1) is 12.7. The van der Waals surface area contributed by atoms with E-state index in [-0.39, 0.29) is 0 Å². The van der Waals surface area contributed by atoms with E-state index in [9.17, 15) is 0 Å². The van der Waals surface area contributed by atoms with Crippen molar-refractivity contribution in [3.05, 3.63) is 28.4 Å². The highest BCUT2D eigenvalue weighted by atomic mass is 79.9. The van der Waals surface area contributed by atoms with Crippen LogP contribution < -0.4 is 10.2 Å². The fourth-order valence-electron chi connectivity index (χ4n) is 2.81. The second kappa shape index (κ2) is 9.36. The van der Waals surface area contributed by atoms with Crippen molar-refractivity contribution in [2.24, 2.45) is 4.99 Å². The first-order valence-electron chi connectivity index (χ1n) is 9.04. The summed E-state index contributed by atoms with van der Waals surface area (Å²) in [6.45, 7) is 9.49. The van der Waals surface area contributed by atoms with Crippen LogP contribution >= 0.6 is 27.5 Å². The number of aliphatic imine (C=N–C) groups is 1. The lowest BCUT2D eigenvalue weighted by Gasteiger charge is -2.36. The van der Waals surface area contributed by atoms with Crippen molar-refractivity contribution in [3.63, 3.8) is 0 Å². The summed E-state index contributed by atoms with van der Waals surface area (Å²) in [6.07, 6.45) is 1.69. The molecular formula is C17H25BrN6OS. The molecule has 0 bridgehead atoms. The number of furan rings is 1. The second-order valence-electron chi connectivity index (χ2n) is 6.01. The van der Waals surface area contributed by atoms with E-state index in [0.29, 0.717) is 6.54 Å². The van der Waals surface area contributed by atoms with Crippen LogP contribution in [-0.4, -0.2) is 59.5 Å². The zero-order chi connectivity index (χ0) is 18.4. The Morgan fingerprint density at radius 2 is 2.12 bits per heavy atom. The van der Waals surface area contributed by atoms with Crippen molar-refractivity contribution < 1.29 is 4.42 Å². The van der Waals surface area contributed by atoms with Crippen molar-refractivity contribution in [2.75, 3.05) is 44.2 Å². The van der Waals surface area contributed by atoms with Crippen LogP contribution in [0.1, 0.15) is 25.4 Å². The number of nitrogens with one attached hydrogen (secondary N) is 1. The largest absolute Gasteiger partial charge is 0.454 e. The van der Waals surface area contributed by atoms with Gasteiger partial charge in [0.15, 0.2) is 10.6 Å². The molecule has 1 aliphatic heterocycles. The maximum atomic E-state index is 5.54. The molecule has 1 N–H and O–H groups in total. The van der Waals surface area contributed by atoms with Crippen LogP contribution in [0.5, 0.6) is 0 Å². The Hall–Kier alpha value is -1.61. The Kier molecular flexibility index (Phi) is 6.90. The van der Waals surface area contributed by atoms with E-state index in [1.165, 1.54) is 11.5 Å². The third kappa shape index (κ3) is 4.97. The molecule has 0 radical (unpaired) electrons. The smallest absolute Gasteiger partial charge is 0.205 e. The molecule has 7 nitrogen and oxygen atoms in total. The molecule has 0 amide bonds. The minimum absolute atomic E-state index is 0.707. The van der Waals surface area contributed by atoms with E-state index in [1.807, 2.05) is 12.1 Å². The summed E-state index contributed by atoms with van der Waals surface area (Å²) < 4.78 is 10.7. The van der Waals surface area contributed by atoms with E-state index in [4.69, 9.17) is 9.41 Å². The number of anilines is 1. The van der Waals surface area contributed by atoms with Crippen molar-refractivity contribution in [1.82, 2.24) is 19.6 Å². The van der Waals surface area contributed by atoms with Crippen LogP contribution in [0.3, 0.4) is 0 Å². The lowest BCUT2D eigenvalue weighted by molar-refractivity contribution is 0.372. The topological polar surface area (TPSA) is 69.8 Å². The molecule has 2 aromatic rings. The van der Waals surface area contributed by atoms with Gasteiger partial charge in [-0.15, -0.1) is 0 Å². The van der Waals surface area contributed by atoms with Crippen LogP contribution in [0.25, 0.3) is 0 Å². The lowest BCUT2D eigenvalue weighted by atomic mass is 10.3. The standard InChI is InChI=1S/C17H25BrN6OS/c1-3-15-21-17(26-22-15)24-11-9-23(10-12-24)16(19-4-2)20-8-7-13-5-6-14(18)25-13/h5-6H,3-4,7-12H2,1-2H3,(H,19,20). The molecule has 1 aliphatic rings.